The average Bonchev–Trinajstić information content (AvgIpc) is 2.76. The smallest absolute Gasteiger partial charge is 0.0594 e. The molecule has 0 amide bonds. The number of nitrogens with one attached hydrogen (secondary N) is 1. The minimum absolute atomic E-state index is 0.633. The average molecular weight is 311 g/mol. The molecular weight excluding hydrogens is 280 g/mol. The van der Waals surface area contributed by atoms with E-state index >= 15 is 0 Å². The molecule has 21 heavy (non-hydrogen) atoms. The minimum atomic E-state index is 0.633. The van der Waals surface area contributed by atoms with Gasteiger partial charge in [0.2, 0.25) is 0 Å². The monoisotopic (exact) mass is 310 g/mol. The topological polar surface area (TPSA) is 24.5 Å². The second-order valence-corrected chi connectivity index (χ2v) is 7.96. The molecule has 0 aromatic carbocycles. The van der Waals surface area contributed by atoms with Gasteiger partial charge in [0, 0.05) is 42.0 Å². The molecule has 1 aliphatic heterocycles. The number of hydrogen-bond acceptors (Lipinski definition) is 4. The second kappa shape index (κ2) is 8.28. The van der Waals surface area contributed by atoms with Gasteiger partial charge in [-0.1, -0.05) is 13.8 Å². The van der Waals surface area contributed by atoms with Crippen molar-refractivity contribution >= 4 is 11.3 Å². The summed E-state index contributed by atoms with van der Waals surface area (Å²) in [7, 11) is 0. The fourth-order valence-corrected chi connectivity index (χ4v) is 4.03. The number of hydrogen-bond donors (Lipinski definition) is 1. The zero-order valence-corrected chi connectivity index (χ0v) is 14.8. The van der Waals surface area contributed by atoms with Crippen molar-refractivity contribution in [3.8, 4) is 0 Å². The van der Waals surface area contributed by atoms with Gasteiger partial charge in [-0.2, -0.15) is 0 Å². The first kappa shape index (κ1) is 16.9. The Kier molecular flexibility index (Phi) is 6.68. The molecule has 1 N–H and O–H groups in total. The minimum Gasteiger partial charge on any atom is -0.379 e. The highest BCUT2D eigenvalue weighted by atomic mass is 32.1. The van der Waals surface area contributed by atoms with Gasteiger partial charge in [0.05, 0.1) is 13.2 Å². The van der Waals surface area contributed by atoms with Gasteiger partial charge in [0.1, 0.15) is 0 Å². The summed E-state index contributed by atoms with van der Waals surface area (Å²) in [5.74, 6) is 0.741. The van der Waals surface area contributed by atoms with Crippen LogP contribution in [0, 0.1) is 19.8 Å². The van der Waals surface area contributed by atoms with Crippen LogP contribution in [0.5, 0.6) is 0 Å². The van der Waals surface area contributed by atoms with E-state index in [1.54, 1.807) is 0 Å². The highest BCUT2D eigenvalue weighted by Crippen LogP contribution is 2.20. The van der Waals surface area contributed by atoms with Gasteiger partial charge in [-0.05, 0) is 37.8 Å². The van der Waals surface area contributed by atoms with Crippen LogP contribution in [0.2, 0.25) is 0 Å². The molecule has 1 unspecified atom stereocenters. The molecule has 3 nitrogen and oxygen atoms in total. The Hall–Kier alpha value is -0.420. The zero-order valence-electron chi connectivity index (χ0n) is 13.9. The summed E-state index contributed by atoms with van der Waals surface area (Å²) in [4.78, 5) is 5.46. The highest BCUT2D eigenvalue weighted by molar-refractivity contribution is 7.12. The molecule has 0 spiro atoms. The molecule has 1 saturated heterocycles. The lowest BCUT2D eigenvalue weighted by Gasteiger charge is -2.35. The summed E-state index contributed by atoms with van der Waals surface area (Å²) < 4.78 is 5.49. The molecule has 1 aliphatic rings. The Labute approximate surface area is 133 Å². The number of morpholine rings is 1. The molecule has 1 atom stereocenters. The lowest BCUT2D eigenvalue weighted by Crippen LogP contribution is -2.48. The molecule has 0 aliphatic carbocycles. The lowest BCUT2D eigenvalue weighted by molar-refractivity contribution is 0.0123. The normalized spacial score (nSPS) is 18.3. The number of thiophene rings is 1. The Balaban J connectivity index is 1.84. The summed E-state index contributed by atoms with van der Waals surface area (Å²) in [6.07, 6.45) is 1.26. The van der Waals surface area contributed by atoms with Crippen LogP contribution in [0.4, 0.5) is 0 Å². The van der Waals surface area contributed by atoms with Crippen molar-refractivity contribution in [2.45, 2.75) is 46.7 Å². The van der Waals surface area contributed by atoms with Crippen LogP contribution < -0.4 is 5.32 Å². The van der Waals surface area contributed by atoms with Gasteiger partial charge >= 0.3 is 0 Å². The Morgan fingerprint density at radius 2 is 2.00 bits per heavy atom. The molecule has 0 saturated carbocycles. The first-order valence-corrected chi connectivity index (χ1v) is 8.96. The Bertz CT molecular complexity index is 424. The van der Waals surface area contributed by atoms with Crippen molar-refractivity contribution in [3.05, 3.63) is 21.4 Å². The van der Waals surface area contributed by atoms with Gasteiger partial charge < -0.3 is 10.1 Å². The summed E-state index contributed by atoms with van der Waals surface area (Å²) in [6, 6.07) is 2.95. The predicted molar refractivity (Wildman–Crippen MR) is 91.1 cm³/mol. The number of nitrogens with zero attached hydrogens (tertiary/aromatic N) is 1. The molecular formula is C17H30N2OS. The Morgan fingerprint density at radius 3 is 2.57 bits per heavy atom. The van der Waals surface area contributed by atoms with E-state index in [4.69, 9.17) is 4.74 Å². The quantitative estimate of drug-likeness (QED) is 0.837. The molecule has 2 rings (SSSR count). The molecule has 1 aromatic heterocycles. The standard InChI is InChI=1S/C17H30N2OS/c1-13(2)9-17(19-5-7-20-8-6-19)12-18-11-16-10-14(3)21-15(16)4/h10,13,17-18H,5-9,11-12H2,1-4H3. The van der Waals surface area contributed by atoms with Crippen LogP contribution in [0.1, 0.15) is 35.6 Å². The summed E-state index contributed by atoms with van der Waals surface area (Å²) >= 11 is 1.90. The third kappa shape index (κ3) is 5.37. The fraction of sp³-hybridized carbons (Fsp3) is 0.765. The predicted octanol–water partition coefficient (Wildman–Crippen LogP) is 3.20. The largest absolute Gasteiger partial charge is 0.379 e. The maximum Gasteiger partial charge on any atom is 0.0594 e. The van der Waals surface area contributed by atoms with E-state index in [1.807, 2.05) is 11.3 Å². The van der Waals surface area contributed by atoms with E-state index in [2.05, 4.69) is 44.0 Å². The number of aryl methyl sites for hydroxylation is 2. The van der Waals surface area contributed by atoms with Gasteiger partial charge in [0.15, 0.2) is 0 Å². The maximum absolute atomic E-state index is 5.49. The van der Waals surface area contributed by atoms with Crippen LogP contribution in [0.15, 0.2) is 6.07 Å². The van der Waals surface area contributed by atoms with Gasteiger partial charge in [-0.15, -0.1) is 11.3 Å². The van der Waals surface area contributed by atoms with Crippen LogP contribution in [-0.4, -0.2) is 43.8 Å². The highest BCUT2D eigenvalue weighted by Gasteiger charge is 2.21. The van der Waals surface area contributed by atoms with Crippen molar-refractivity contribution < 1.29 is 4.74 Å². The van der Waals surface area contributed by atoms with Gasteiger partial charge in [-0.25, -0.2) is 0 Å². The van der Waals surface area contributed by atoms with Crippen molar-refractivity contribution in [2.75, 3.05) is 32.8 Å². The zero-order chi connectivity index (χ0) is 15.2. The molecule has 0 bridgehead atoms. The second-order valence-electron chi connectivity index (χ2n) is 6.50. The van der Waals surface area contributed by atoms with Crippen molar-refractivity contribution in [1.82, 2.24) is 10.2 Å². The maximum atomic E-state index is 5.49. The number of ether oxygens (including phenoxy) is 1. The Morgan fingerprint density at radius 1 is 1.29 bits per heavy atom. The van der Waals surface area contributed by atoms with Crippen molar-refractivity contribution in [1.29, 1.82) is 0 Å². The molecule has 4 heteroatoms. The van der Waals surface area contributed by atoms with E-state index < -0.39 is 0 Å². The fourth-order valence-electron chi connectivity index (χ4n) is 3.08. The first-order valence-electron chi connectivity index (χ1n) is 8.14. The summed E-state index contributed by atoms with van der Waals surface area (Å²) in [5, 5.41) is 3.68. The van der Waals surface area contributed by atoms with Crippen molar-refractivity contribution in [3.63, 3.8) is 0 Å². The first-order chi connectivity index (χ1) is 10.1. The van der Waals surface area contributed by atoms with Crippen LogP contribution in [0.25, 0.3) is 0 Å². The van der Waals surface area contributed by atoms with Crippen LogP contribution >= 0.6 is 11.3 Å². The molecule has 120 valence electrons. The molecule has 1 aromatic rings. The third-order valence-electron chi connectivity index (χ3n) is 4.14. The van der Waals surface area contributed by atoms with Gasteiger partial charge in [0.25, 0.3) is 0 Å². The van der Waals surface area contributed by atoms with Gasteiger partial charge in [-0.3, -0.25) is 4.90 Å². The SMILES string of the molecule is Cc1cc(CNCC(CC(C)C)N2CCOCC2)c(C)s1. The van der Waals surface area contributed by atoms with Crippen LogP contribution in [0.3, 0.4) is 0 Å². The van der Waals surface area contributed by atoms with E-state index in [9.17, 15) is 0 Å². The molecule has 1 fully saturated rings. The summed E-state index contributed by atoms with van der Waals surface area (Å²) in [6.45, 7) is 15.1. The molecule has 2 heterocycles. The summed E-state index contributed by atoms with van der Waals surface area (Å²) in [5.41, 5.74) is 1.46. The van der Waals surface area contributed by atoms with Crippen LogP contribution in [-0.2, 0) is 11.3 Å². The molecule has 0 radical (unpaired) electrons. The lowest BCUT2D eigenvalue weighted by atomic mass is 10.0. The van der Waals surface area contributed by atoms with E-state index in [1.165, 1.54) is 21.7 Å². The van der Waals surface area contributed by atoms with E-state index in [-0.39, 0.29) is 0 Å². The van der Waals surface area contributed by atoms with E-state index in [0.29, 0.717) is 6.04 Å². The third-order valence-corrected chi connectivity index (χ3v) is 5.15. The van der Waals surface area contributed by atoms with E-state index in [0.717, 1.165) is 45.3 Å². The van der Waals surface area contributed by atoms with Crippen molar-refractivity contribution in [2.24, 2.45) is 5.92 Å². The number of rotatable bonds is 7.